The molecule has 2 rings (SSSR count). The van der Waals surface area contributed by atoms with Crippen LogP contribution in [-0.2, 0) is 17.8 Å². The summed E-state index contributed by atoms with van der Waals surface area (Å²) in [5, 5.41) is 10.4. The molecular formula is C18H20BrNO4. The molecule has 0 heterocycles. The van der Waals surface area contributed by atoms with Crippen molar-refractivity contribution in [2.24, 2.45) is 0 Å². The highest BCUT2D eigenvalue weighted by molar-refractivity contribution is 9.10. The third-order valence-electron chi connectivity index (χ3n) is 3.72. The number of nitrogens with zero attached hydrogens (tertiary/aromatic N) is 1. The molecule has 1 amide bonds. The van der Waals surface area contributed by atoms with Crippen molar-refractivity contribution < 1.29 is 19.5 Å². The van der Waals surface area contributed by atoms with Gasteiger partial charge < -0.3 is 9.47 Å². The Morgan fingerprint density at radius 2 is 1.96 bits per heavy atom. The quantitative estimate of drug-likeness (QED) is 0.581. The van der Waals surface area contributed by atoms with Gasteiger partial charge in [-0.2, -0.15) is 5.06 Å². The zero-order chi connectivity index (χ0) is 17.7. The third-order valence-corrected chi connectivity index (χ3v) is 4.34. The topological polar surface area (TPSA) is 59.0 Å². The first-order chi connectivity index (χ1) is 11.5. The van der Waals surface area contributed by atoms with Gasteiger partial charge in [-0.25, -0.2) is 4.79 Å². The van der Waals surface area contributed by atoms with E-state index in [1.165, 1.54) is 12.7 Å². The fourth-order valence-electron chi connectivity index (χ4n) is 2.37. The number of rotatable bonds is 5. The summed E-state index contributed by atoms with van der Waals surface area (Å²) < 4.78 is 11.3. The van der Waals surface area contributed by atoms with Crippen LogP contribution < -0.4 is 9.80 Å². The number of carbonyl (C=O) groups excluding carboxylic acids is 1. The number of hydrogen-bond donors (Lipinski definition) is 1. The Balaban J connectivity index is 2.21. The van der Waals surface area contributed by atoms with Crippen LogP contribution in [0.5, 0.6) is 5.75 Å². The van der Waals surface area contributed by atoms with Gasteiger partial charge in [-0.15, -0.1) is 0 Å². The molecule has 0 unspecified atom stereocenters. The van der Waals surface area contributed by atoms with Crippen LogP contribution in [0.25, 0.3) is 0 Å². The lowest BCUT2D eigenvalue weighted by atomic mass is 10.1. The molecule has 0 aromatic heterocycles. The minimum absolute atomic E-state index is 0.202. The van der Waals surface area contributed by atoms with Crippen molar-refractivity contribution in [1.82, 2.24) is 0 Å². The second-order valence-corrected chi connectivity index (χ2v) is 6.12. The molecule has 6 heteroatoms. The van der Waals surface area contributed by atoms with Crippen molar-refractivity contribution in [3.63, 3.8) is 0 Å². The van der Waals surface area contributed by atoms with Gasteiger partial charge in [0.25, 0.3) is 0 Å². The highest BCUT2D eigenvalue weighted by Gasteiger charge is 2.17. The Kier molecular flexibility index (Phi) is 6.23. The second kappa shape index (κ2) is 8.17. The summed E-state index contributed by atoms with van der Waals surface area (Å²) >= 11 is 3.52. The van der Waals surface area contributed by atoms with Gasteiger partial charge in [0.2, 0.25) is 0 Å². The van der Waals surface area contributed by atoms with E-state index in [9.17, 15) is 10.0 Å². The average molecular weight is 394 g/mol. The molecule has 0 aliphatic carbocycles. The maximum atomic E-state index is 11.5. The average Bonchev–Trinajstić information content (AvgIpc) is 2.60. The van der Waals surface area contributed by atoms with Gasteiger partial charge in [0.1, 0.15) is 12.4 Å². The largest absolute Gasteiger partial charge is 0.488 e. The van der Waals surface area contributed by atoms with E-state index in [0.717, 1.165) is 16.5 Å². The van der Waals surface area contributed by atoms with Crippen molar-refractivity contribution in [1.29, 1.82) is 0 Å². The van der Waals surface area contributed by atoms with E-state index in [1.54, 1.807) is 18.2 Å². The van der Waals surface area contributed by atoms with Crippen molar-refractivity contribution >= 4 is 27.7 Å². The van der Waals surface area contributed by atoms with Crippen LogP contribution in [-0.4, -0.2) is 18.4 Å². The van der Waals surface area contributed by atoms with Gasteiger partial charge in [0, 0.05) is 5.56 Å². The molecule has 0 fully saturated rings. The summed E-state index contributed by atoms with van der Waals surface area (Å²) in [6.07, 6.45) is 0.0957. The van der Waals surface area contributed by atoms with Crippen molar-refractivity contribution in [3.05, 3.63) is 57.6 Å². The number of para-hydroxylation sites is 1. The summed E-state index contributed by atoms with van der Waals surface area (Å²) in [7, 11) is 1.21. The lowest BCUT2D eigenvalue weighted by molar-refractivity contribution is 0.140. The smallest absolute Gasteiger partial charge is 0.438 e. The molecule has 24 heavy (non-hydrogen) atoms. The normalized spacial score (nSPS) is 10.4. The molecule has 0 bridgehead atoms. The minimum atomic E-state index is -0.855. The van der Waals surface area contributed by atoms with Crippen LogP contribution >= 0.6 is 15.9 Å². The molecular weight excluding hydrogens is 374 g/mol. The number of amides is 1. The van der Waals surface area contributed by atoms with E-state index in [0.29, 0.717) is 22.1 Å². The fraction of sp³-hybridized carbons (Fsp3) is 0.278. The number of aryl methyl sites for hydroxylation is 2. The summed E-state index contributed by atoms with van der Waals surface area (Å²) in [5.74, 6) is 0.710. The predicted octanol–water partition coefficient (Wildman–Crippen LogP) is 4.86. The van der Waals surface area contributed by atoms with Crippen molar-refractivity contribution in [2.45, 2.75) is 26.9 Å². The highest BCUT2D eigenvalue weighted by atomic mass is 79.9. The lowest BCUT2D eigenvalue weighted by Crippen LogP contribution is -2.27. The zero-order valence-corrected chi connectivity index (χ0v) is 15.5. The Morgan fingerprint density at radius 1 is 1.25 bits per heavy atom. The highest BCUT2D eigenvalue weighted by Crippen LogP contribution is 2.30. The maximum Gasteiger partial charge on any atom is 0.438 e. The number of carbonyl (C=O) groups is 1. The molecule has 1 N–H and O–H groups in total. The molecule has 0 saturated heterocycles. The van der Waals surface area contributed by atoms with Gasteiger partial charge >= 0.3 is 6.09 Å². The first-order valence-electron chi connectivity index (χ1n) is 7.54. The Labute approximate surface area is 149 Å². The van der Waals surface area contributed by atoms with E-state index in [1.807, 2.05) is 25.1 Å². The summed E-state index contributed by atoms with van der Waals surface area (Å²) in [4.78, 5) is 11.5. The van der Waals surface area contributed by atoms with Crippen LogP contribution in [0.3, 0.4) is 0 Å². The molecule has 5 nitrogen and oxygen atoms in total. The number of halogens is 1. The number of hydrogen-bond acceptors (Lipinski definition) is 4. The van der Waals surface area contributed by atoms with Crippen LogP contribution in [0.2, 0.25) is 0 Å². The molecule has 0 saturated carbocycles. The molecule has 0 radical (unpaired) electrons. The SMILES string of the molecule is CCc1cc(Br)c(OCc2ccccc2N(O)C(=O)OC)cc1C. The summed E-state index contributed by atoms with van der Waals surface area (Å²) in [6, 6.07) is 11.0. The molecule has 128 valence electrons. The van der Waals surface area contributed by atoms with Crippen LogP contribution in [0.4, 0.5) is 10.5 Å². The molecule has 0 atom stereocenters. The predicted molar refractivity (Wildman–Crippen MR) is 95.7 cm³/mol. The van der Waals surface area contributed by atoms with Gasteiger partial charge in [-0.05, 0) is 58.6 Å². The second-order valence-electron chi connectivity index (χ2n) is 5.26. The molecule has 2 aromatic rings. The van der Waals surface area contributed by atoms with Gasteiger partial charge in [0.05, 0.1) is 17.3 Å². The van der Waals surface area contributed by atoms with E-state index < -0.39 is 6.09 Å². The Hall–Kier alpha value is -2.05. The van der Waals surface area contributed by atoms with Crippen LogP contribution in [0, 0.1) is 6.92 Å². The van der Waals surface area contributed by atoms with E-state index in [4.69, 9.17) is 4.74 Å². The standard InChI is InChI=1S/C18H20BrNO4/c1-4-13-10-15(19)17(9-12(13)2)24-11-14-7-5-6-8-16(14)20(22)18(21)23-3/h5-10,22H,4,11H2,1-3H3. The van der Waals surface area contributed by atoms with Gasteiger partial charge in [-0.3, -0.25) is 5.21 Å². The van der Waals surface area contributed by atoms with E-state index in [-0.39, 0.29) is 6.61 Å². The van der Waals surface area contributed by atoms with E-state index >= 15 is 0 Å². The minimum Gasteiger partial charge on any atom is -0.488 e. The Bertz CT molecular complexity index is 733. The summed E-state index contributed by atoms with van der Waals surface area (Å²) in [6.45, 7) is 4.35. The number of benzene rings is 2. The van der Waals surface area contributed by atoms with Crippen LogP contribution in [0.15, 0.2) is 40.9 Å². The molecule has 0 spiro atoms. The summed E-state index contributed by atoms with van der Waals surface area (Å²) in [5.41, 5.74) is 3.39. The number of methoxy groups -OCH3 is 1. The first-order valence-corrected chi connectivity index (χ1v) is 8.33. The van der Waals surface area contributed by atoms with Gasteiger partial charge in [-0.1, -0.05) is 25.1 Å². The third kappa shape index (κ3) is 4.07. The maximum absolute atomic E-state index is 11.5. The van der Waals surface area contributed by atoms with Gasteiger partial charge in [0.15, 0.2) is 0 Å². The number of hydroxylamine groups is 1. The monoisotopic (exact) mass is 393 g/mol. The number of anilines is 1. The fourth-order valence-corrected chi connectivity index (χ4v) is 2.87. The Morgan fingerprint density at radius 3 is 2.62 bits per heavy atom. The zero-order valence-electron chi connectivity index (χ0n) is 13.9. The van der Waals surface area contributed by atoms with Crippen molar-refractivity contribution in [3.8, 4) is 5.75 Å². The van der Waals surface area contributed by atoms with Crippen LogP contribution in [0.1, 0.15) is 23.6 Å². The lowest BCUT2D eigenvalue weighted by Gasteiger charge is -2.18. The van der Waals surface area contributed by atoms with E-state index in [2.05, 4.69) is 27.6 Å². The number of ether oxygens (including phenoxy) is 2. The first kappa shape index (κ1) is 18.3. The molecule has 0 aliphatic rings. The van der Waals surface area contributed by atoms with Crippen molar-refractivity contribution in [2.75, 3.05) is 12.2 Å². The molecule has 0 aliphatic heterocycles. The molecule has 2 aromatic carbocycles.